The lowest BCUT2D eigenvalue weighted by molar-refractivity contribution is 0.0659. The standard InChI is InChI=1S/C23H24N6O3/c1-14-15(2)25-23-26-20(27-29(23)21(14)30)22(31)28(13-18-7-5-6-12-24-18)16(3)17-8-10-19(32-4)11-9-17/h5-12,16H,13H2,1-4H3,(H,25,26,27). The average Bonchev–Trinajstić information content (AvgIpc) is 3.25. The predicted octanol–water partition coefficient (Wildman–Crippen LogP) is 2.84. The van der Waals surface area contributed by atoms with Gasteiger partial charge in [0.1, 0.15) is 5.75 Å². The van der Waals surface area contributed by atoms with E-state index < -0.39 is 0 Å². The number of fused-ring (bicyclic) bond motifs is 1. The molecule has 164 valence electrons. The fourth-order valence-electron chi connectivity index (χ4n) is 3.45. The number of rotatable bonds is 6. The number of ether oxygens (including phenoxy) is 1. The number of benzene rings is 1. The maximum Gasteiger partial charge on any atom is 0.292 e. The number of hydrogen-bond donors (Lipinski definition) is 1. The molecule has 1 atom stereocenters. The number of amides is 1. The molecule has 0 aliphatic carbocycles. The Labute approximate surface area is 184 Å². The van der Waals surface area contributed by atoms with Crippen LogP contribution in [0.3, 0.4) is 0 Å². The molecule has 0 radical (unpaired) electrons. The summed E-state index contributed by atoms with van der Waals surface area (Å²) in [6.07, 6.45) is 1.69. The zero-order valence-corrected chi connectivity index (χ0v) is 18.4. The summed E-state index contributed by atoms with van der Waals surface area (Å²) < 4.78 is 6.44. The highest BCUT2D eigenvalue weighted by Crippen LogP contribution is 2.25. The highest BCUT2D eigenvalue weighted by molar-refractivity contribution is 5.91. The molecule has 0 bridgehead atoms. The molecule has 0 saturated heterocycles. The summed E-state index contributed by atoms with van der Waals surface area (Å²) >= 11 is 0. The van der Waals surface area contributed by atoms with Crippen molar-refractivity contribution in [2.75, 3.05) is 7.11 Å². The Morgan fingerprint density at radius 3 is 2.56 bits per heavy atom. The van der Waals surface area contributed by atoms with E-state index in [0.717, 1.165) is 17.0 Å². The van der Waals surface area contributed by atoms with Gasteiger partial charge in [0, 0.05) is 17.5 Å². The first-order chi connectivity index (χ1) is 15.4. The Hall–Kier alpha value is -4.01. The van der Waals surface area contributed by atoms with Gasteiger partial charge in [-0.25, -0.2) is 4.98 Å². The molecule has 1 aromatic carbocycles. The van der Waals surface area contributed by atoms with E-state index in [1.165, 1.54) is 4.52 Å². The molecule has 3 heterocycles. The SMILES string of the molecule is COc1ccc(C(C)N(Cc2ccccn2)C(=O)c2nc3nc(C)c(C)c(=O)n3[nH]2)cc1. The monoisotopic (exact) mass is 432 g/mol. The van der Waals surface area contributed by atoms with Crippen LogP contribution in [0.5, 0.6) is 5.75 Å². The molecule has 9 nitrogen and oxygen atoms in total. The van der Waals surface area contributed by atoms with Gasteiger partial charge >= 0.3 is 0 Å². The molecule has 32 heavy (non-hydrogen) atoms. The normalized spacial score (nSPS) is 12.0. The van der Waals surface area contributed by atoms with E-state index in [9.17, 15) is 9.59 Å². The number of aromatic nitrogens is 5. The first-order valence-corrected chi connectivity index (χ1v) is 10.2. The summed E-state index contributed by atoms with van der Waals surface area (Å²) in [5.41, 5.74) is 2.46. The van der Waals surface area contributed by atoms with E-state index >= 15 is 0 Å². The molecule has 0 spiro atoms. The number of H-pyrrole nitrogens is 1. The minimum Gasteiger partial charge on any atom is -0.497 e. The van der Waals surface area contributed by atoms with Crippen LogP contribution in [0.15, 0.2) is 53.5 Å². The lowest BCUT2D eigenvalue weighted by Gasteiger charge is -2.28. The summed E-state index contributed by atoms with van der Waals surface area (Å²) in [5.74, 6) is 0.573. The van der Waals surface area contributed by atoms with Gasteiger partial charge in [0.25, 0.3) is 17.2 Å². The highest BCUT2D eigenvalue weighted by atomic mass is 16.5. The third kappa shape index (κ3) is 3.96. The summed E-state index contributed by atoms with van der Waals surface area (Å²) in [6, 6.07) is 12.8. The molecule has 4 aromatic rings. The molecule has 1 unspecified atom stereocenters. The first-order valence-electron chi connectivity index (χ1n) is 10.2. The van der Waals surface area contributed by atoms with Crippen molar-refractivity contribution >= 4 is 11.7 Å². The van der Waals surface area contributed by atoms with Gasteiger partial charge in [-0.2, -0.15) is 9.50 Å². The highest BCUT2D eigenvalue weighted by Gasteiger charge is 2.27. The van der Waals surface area contributed by atoms with Crippen LogP contribution in [-0.2, 0) is 6.54 Å². The second-order valence-corrected chi connectivity index (χ2v) is 7.54. The van der Waals surface area contributed by atoms with Gasteiger partial charge in [-0.05, 0) is 50.6 Å². The summed E-state index contributed by atoms with van der Waals surface area (Å²) in [6.45, 7) is 5.64. The third-order valence-corrected chi connectivity index (χ3v) is 5.55. The van der Waals surface area contributed by atoms with Crippen molar-refractivity contribution in [3.05, 3.63) is 87.4 Å². The zero-order chi connectivity index (χ0) is 22.8. The van der Waals surface area contributed by atoms with E-state index in [1.807, 2.05) is 49.4 Å². The van der Waals surface area contributed by atoms with Crippen molar-refractivity contribution in [1.29, 1.82) is 0 Å². The fraction of sp³-hybridized carbons (Fsp3) is 0.261. The molecule has 0 saturated carbocycles. The number of nitrogens with zero attached hydrogens (tertiary/aromatic N) is 5. The first kappa shape index (κ1) is 21.2. The smallest absolute Gasteiger partial charge is 0.292 e. The van der Waals surface area contributed by atoms with Crippen molar-refractivity contribution in [3.8, 4) is 5.75 Å². The number of carbonyl (C=O) groups is 1. The Bertz CT molecular complexity index is 1310. The Kier molecular flexibility index (Phi) is 5.72. The van der Waals surface area contributed by atoms with Gasteiger partial charge in [-0.15, -0.1) is 0 Å². The van der Waals surface area contributed by atoms with Crippen molar-refractivity contribution in [2.45, 2.75) is 33.4 Å². The van der Waals surface area contributed by atoms with Gasteiger partial charge in [-0.1, -0.05) is 18.2 Å². The Balaban J connectivity index is 1.74. The number of aromatic amines is 1. The second-order valence-electron chi connectivity index (χ2n) is 7.54. The molecule has 9 heteroatoms. The minimum absolute atomic E-state index is 0.0379. The maximum atomic E-state index is 13.6. The topological polar surface area (TPSA) is 105 Å². The van der Waals surface area contributed by atoms with E-state index in [2.05, 4.69) is 20.1 Å². The van der Waals surface area contributed by atoms with E-state index in [-0.39, 0.29) is 35.7 Å². The van der Waals surface area contributed by atoms with Gasteiger partial charge in [0.05, 0.1) is 25.4 Å². The fourth-order valence-corrected chi connectivity index (χ4v) is 3.45. The van der Waals surface area contributed by atoms with Crippen molar-refractivity contribution in [3.63, 3.8) is 0 Å². The van der Waals surface area contributed by atoms with Crippen LogP contribution in [0.25, 0.3) is 5.78 Å². The lowest BCUT2D eigenvalue weighted by Crippen LogP contribution is -2.34. The van der Waals surface area contributed by atoms with Gasteiger partial charge in [0.15, 0.2) is 0 Å². The molecule has 1 N–H and O–H groups in total. The second kappa shape index (κ2) is 8.62. The number of nitrogens with one attached hydrogen (secondary N) is 1. The van der Waals surface area contributed by atoms with Crippen LogP contribution in [-0.4, -0.2) is 42.5 Å². The van der Waals surface area contributed by atoms with Crippen LogP contribution >= 0.6 is 0 Å². The van der Waals surface area contributed by atoms with Crippen molar-refractivity contribution < 1.29 is 9.53 Å². The molecule has 0 aliphatic heterocycles. The molecule has 1 amide bonds. The van der Waals surface area contributed by atoms with Crippen LogP contribution in [0.1, 0.15) is 46.1 Å². The number of pyridine rings is 1. The van der Waals surface area contributed by atoms with Gasteiger partial charge < -0.3 is 9.64 Å². The van der Waals surface area contributed by atoms with Crippen LogP contribution in [0.2, 0.25) is 0 Å². The predicted molar refractivity (Wildman–Crippen MR) is 119 cm³/mol. The summed E-state index contributed by atoms with van der Waals surface area (Å²) in [7, 11) is 1.61. The Morgan fingerprint density at radius 1 is 1.16 bits per heavy atom. The molecule has 4 rings (SSSR count). The molecular formula is C23H24N6O3. The van der Waals surface area contributed by atoms with E-state index in [1.54, 1.807) is 32.1 Å². The van der Waals surface area contributed by atoms with Gasteiger partial charge in [0.2, 0.25) is 5.82 Å². The van der Waals surface area contributed by atoms with E-state index in [4.69, 9.17) is 4.74 Å². The number of carbonyl (C=O) groups excluding carboxylic acids is 1. The van der Waals surface area contributed by atoms with Crippen LogP contribution in [0.4, 0.5) is 0 Å². The van der Waals surface area contributed by atoms with Crippen molar-refractivity contribution in [2.24, 2.45) is 0 Å². The molecular weight excluding hydrogens is 408 g/mol. The largest absolute Gasteiger partial charge is 0.497 e. The maximum absolute atomic E-state index is 13.6. The van der Waals surface area contributed by atoms with Gasteiger partial charge in [-0.3, -0.25) is 19.7 Å². The third-order valence-electron chi connectivity index (χ3n) is 5.55. The zero-order valence-electron chi connectivity index (χ0n) is 18.4. The summed E-state index contributed by atoms with van der Waals surface area (Å²) in [4.78, 5) is 40.8. The Morgan fingerprint density at radius 2 is 1.91 bits per heavy atom. The van der Waals surface area contributed by atoms with E-state index in [0.29, 0.717) is 11.3 Å². The molecule has 0 aliphatic rings. The minimum atomic E-state index is -0.362. The average molecular weight is 432 g/mol. The van der Waals surface area contributed by atoms with Crippen LogP contribution < -0.4 is 10.3 Å². The van der Waals surface area contributed by atoms with Crippen molar-refractivity contribution in [1.82, 2.24) is 29.5 Å². The molecule has 0 fully saturated rings. The van der Waals surface area contributed by atoms with Crippen LogP contribution in [0, 0.1) is 13.8 Å². The molecule has 3 aromatic heterocycles. The quantitative estimate of drug-likeness (QED) is 0.502. The lowest BCUT2D eigenvalue weighted by atomic mass is 10.1. The number of aryl methyl sites for hydroxylation is 1. The number of methoxy groups -OCH3 is 1. The summed E-state index contributed by atoms with van der Waals surface area (Å²) in [5, 5.41) is 2.82. The number of hydrogen-bond acceptors (Lipinski definition) is 6.